The van der Waals surface area contributed by atoms with Crippen LogP contribution in [0.5, 0.6) is 5.75 Å². The van der Waals surface area contributed by atoms with Gasteiger partial charge < -0.3 is 14.5 Å². The Morgan fingerprint density at radius 3 is 2.36 bits per heavy atom. The van der Waals surface area contributed by atoms with E-state index < -0.39 is 0 Å². The van der Waals surface area contributed by atoms with Crippen LogP contribution in [0.15, 0.2) is 24.5 Å². The maximum atomic E-state index is 12.4. The molecule has 0 spiro atoms. The second-order valence-electron chi connectivity index (χ2n) is 5.95. The second-order valence-corrected chi connectivity index (χ2v) is 5.95. The van der Waals surface area contributed by atoms with Crippen LogP contribution in [0.2, 0.25) is 0 Å². The number of rotatable bonds is 3. The smallest absolute Gasteiger partial charge is 0.226 e. The maximum absolute atomic E-state index is 12.4. The predicted molar refractivity (Wildman–Crippen MR) is 80.2 cm³/mol. The zero-order valence-corrected chi connectivity index (χ0v) is 12.8. The van der Waals surface area contributed by atoms with E-state index in [0.717, 1.165) is 18.6 Å². The van der Waals surface area contributed by atoms with Gasteiger partial charge in [-0.3, -0.25) is 14.6 Å². The third-order valence-corrected chi connectivity index (χ3v) is 4.40. The molecule has 6 nitrogen and oxygen atoms in total. The third kappa shape index (κ3) is 3.21. The van der Waals surface area contributed by atoms with Gasteiger partial charge in [-0.1, -0.05) is 0 Å². The van der Waals surface area contributed by atoms with Gasteiger partial charge in [0.2, 0.25) is 11.8 Å². The number of likely N-dealkylation sites (tertiary alicyclic amines) is 2. The highest BCUT2D eigenvalue weighted by Gasteiger charge is 2.37. The van der Waals surface area contributed by atoms with Crippen molar-refractivity contribution in [2.45, 2.75) is 25.9 Å². The molecular formula is C16H21N3O3. The number of nitrogens with zero attached hydrogens (tertiary/aromatic N) is 3. The average Bonchev–Trinajstić information content (AvgIpc) is 2.51. The van der Waals surface area contributed by atoms with Crippen molar-refractivity contribution >= 4 is 11.8 Å². The first-order valence-electron chi connectivity index (χ1n) is 7.74. The SMILES string of the molecule is CC(=O)N1CCC(C(=O)N2CC(Oc3ccncc3)C2)CC1. The van der Waals surface area contributed by atoms with Crippen LogP contribution in [-0.2, 0) is 9.59 Å². The summed E-state index contributed by atoms with van der Waals surface area (Å²) >= 11 is 0. The molecule has 6 heteroatoms. The lowest BCUT2D eigenvalue weighted by Gasteiger charge is -2.42. The van der Waals surface area contributed by atoms with Gasteiger partial charge in [0.05, 0.1) is 13.1 Å². The van der Waals surface area contributed by atoms with Crippen LogP contribution in [-0.4, -0.2) is 58.9 Å². The summed E-state index contributed by atoms with van der Waals surface area (Å²) in [6.45, 7) is 4.26. The van der Waals surface area contributed by atoms with E-state index >= 15 is 0 Å². The van der Waals surface area contributed by atoms with Crippen LogP contribution in [0.3, 0.4) is 0 Å². The van der Waals surface area contributed by atoms with Gasteiger partial charge >= 0.3 is 0 Å². The van der Waals surface area contributed by atoms with Crippen LogP contribution in [0, 0.1) is 5.92 Å². The topological polar surface area (TPSA) is 62.7 Å². The Morgan fingerprint density at radius 1 is 1.14 bits per heavy atom. The number of carbonyl (C=O) groups excluding carboxylic acids is 2. The van der Waals surface area contributed by atoms with Gasteiger partial charge in [0.1, 0.15) is 11.9 Å². The quantitative estimate of drug-likeness (QED) is 0.833. The summed E-state index contributed by atoms with van der Waals surface area (Å²) in [5, 5.41) is 0. The minimum Gasteiger partial charge on any atom is -0.487 e. The molecule has 0 N–H and O–H groups in total. The Morgan fingerprint density at radius 2 is 1.77 bits per heavy atom. The van der Waals surface area contributed by atoms with Crippen molar-refractivity contribution < 1.29 is 14.3 Å². The molecule has 1 aromatic heterocycles. The van der Waals surface area contributed by atoms with Gasteiger partial charge in [0.15, 0.2) is 0 Å². The van der Waals surface area contributed by atoms with Crippen LogP contribution in [0.1, 0.15) is 19.8 Å². The molecule has 22 heavy (non-hydrogen) atoms. The number of piperidine rings is 1. The van der Waals surface area contributed by atoms with Crippen molar-refractivity contribution in [3.63, 3.8) is 0 Å². The average molecular weight is 303 g/mol. The second kappa shape index (κ2) is 6.34. The molecule has 0 atom stereocenters. The summed E-state index contributed by atoms with van der Waals surface area (Å²) < 4.78 is 5.78. The van der Waals surface area contributed by atoms with E-state index in [2.05, 4.69) is 4.98 Å². The normalized spacial score (nSPS) is 19.7. The van der Waals surface area contributed by atoms with Crippen molar-refractivity contribution in [1.82, 2.24) is 14.8 Å². The first-order chi connectivity index (χ1) is 10.6. The highest BCUT2D eigenvalue weighted by molar-refractivity contribution is 5.80. The maximum Gasteiger partial charge on any atom is 0.226 e. The lowest BCUT2D eigenvalue weighted by Crippen LogP contribution is -2.58. The van der Waals surface area contributed by atoms with Crippen LogP contribution < -0.4 is 4.74 Å². The van der Waals surface area contributed by atoms with E-state index in [1.54, 1.807) is 19.3 Å². The molecule has 0 radical (unpaired) electrons. The van der Waals surface area contributed by atoms with E-state index in [1.165, 1.54) is 0 Å². The molecule has 2 saturated heterocycles. The van der Waals surface area contributed by atoms with Crippen molar-refractivity contribution in [2.24, 2.45) is 5.92 Å². The first-order valence-corrected chi connectivity index (χ1v) is 7.74. The molecule has 2 amide bonds. The summed E-state index contributed by atoms with van der Waals surface area (Å²) in [5.74, 6) is 1.15. The lowest BCUT2D eigenvalue weighted by atomic mass is 9.93. The Kier molecular flexibility index (Phi) is 4.27. The van der Waals surface area contributed by atoms with E-state index in [1.807, 2.05) is 21.9 Å². The first kappa shape index (κ1) is 14.8. The highest BCUT2D eigenvalue weighted by Crippen LogP contribution is 2.24. The summed E-state index contributed by atoms with van der Waals surface area (Å²) in [5.41, 5.74) is 0. The molecule has 2 aliphatic rings. The van der Waals surface area contributed by atoms with Gasteiger partial charge in [-0.05, 0) is 25.0 Å². The molecule has 0 bridgehead atoms. The molecule has 0 aromatic carbocycles. The van der Waals surface area contributed by atoms with E-state index in [-0.39, 0.29) is 23.8 Å². The van der Waals surface area contributed by atoms with Gasteiger partial charge in [0, 0.05) is 38.3 Å². The Hall–Kier alpha value is -2.11. The number of ether oxygens (including phenoxy) is 1. The minimum absolute atomic E-state index is 0.0532. The molecule has 1 aromatic rings. The number of aromatic nitrogens is 1. The monoisotopic (exact) mass is 303 g/mol. The summed E-state index contributed by atoms with van der Waals surface area (Å²) in [4.78, 5) is 31.3. The number of hydrogen-bond donors (Lipinski definition) is 0. The fourth-order valence-corrected chi connectivity index (χ4v) is 3.00. The lowest BCUT2D eigenvalue weighted by molar-refractivity contribution is -0.147. The Balaban J connectivity index is 1.43. The van der Waals surface area contributed by atoms with Gasteiger partial charge in [-0.2, -0.15) is 0 Å². The molecule has 3 heterocycles. The van der Waals surface area contributed by atoms with Gasteiger partial charge in [-0.15, -0.1) is 0 Å². The Labute approximate surface area is 130 Å². The van der Waals surface area contributed by atoms with Crippen molar-refractivity contribution in [3.05, 3.63) is 24.5 Å². The Bertz CT molecular complexity index is 535. The molecule has 0 aliphatic carbocycles. The van der Waals surface area contributed by atoms with Crippen LogP contribution in [0.25, 0.3) is 0 Å². The van der Waals surface area contributed by atoms with Crippen molar-refractivity contribution in [2.75, 3.05) is 26.2 Å². The van der Waals surface area contributed by atoms with E-state index in [9.17, 15) is 9.59 Å². The largest absolute Gasteiger partial charge is 0.487 e. The zero-order valence-electron chi connectivity index (χ0n) is 12.8. The molecule has 118 valence electrons. The summed E-state index contributed by atoms with van der Waals surface area (Å²) in [6.07, 6.45) is 5.00. The number of amides is 2. The number of hydrogen-bond acceptors (Lipinski definition) is 4. The summed E-state index contributed by atoms with van der Waals surface area (Å²) in [6, 6.07) is 3.64. The van der Waals surface area contributed by atoms with Gasteiger partial charge in [-0.25, -0.2) is 0 Å². The van der Waals surface area contributed by atoms with Crippen LogP contribution >= 0.6 is 0 Å². The fraction of sp³-hybridized carbons (Fsp3) is 0.562. The highest BCUT2D eigenvalue weighted by atomic mass is 16.5. The van der Waals surface area contributed by atoms with Crippen LogP contribution in [0.4, 0.5) is 0 Å². The van der Waals surface area contributed by atoms with E-state index in [0.29, 0.717) is 26.2 Å². The zero-order chi connectivity index (χ0) is 15.5. The van der Waals surface area contributed by atoms with Crippen molar-refractivity contribution in [3.8, 4) is 5.75 Å². The molecule has 2 fully saturated rings. The van der Waals surface area contributed by atoms with Crippen molar-refractivity contribution in [1.29, 1.82) is 0 Å². The minimum atomic E-state index is 0.0532. The fourth-order valence-electron chi connectivity index (χ4n) is 3.00. The number of pyridine rings is 1. The predicted octanol–water partition coefficient (Wildman–Crippen LogP) is 0.930. The standard InChI is InChI=1S/C16H21N3O3/c1-12(20)18-8-4-13(5-9-18)16(21)19-10-15(11-19)22-14-2-6-17-7-3-14/h2-3,6-7,13,15H,4-5,8-11H2,1H3. The third-order valence-electron chi connectivity index (χ3n) is 4.40. The molecule has 3 rings (SSSR count). The van der Waals surface area contributed by atoms with E-state index in [4.69, 9.17) is 4.74 Å². The molecular weight excluding hydrogens is 282 g/mol. The molecule has 2 aliphatic heterocycles. The summed E-state index contributed by atoms with van der Waals surface area (Å²) in [7, 11) is 0. The number of carbonyl (C=O) groups is 2. The molecule has 0 unspecified atom stereocenters. The molecule has 0 saturated carbocycles. The van der Waals surface area contributed by atoms with Gasteiger partial charge in [0.25, 0.3) is 0 Å².